The van der Waals surface area contributed by atoms with Gasteiger partial charge in [0.05, 0.1) is 89.8 Å². The average molecular weight is 1910 g/mol. The maximum atomic E-state index is 4.86. The van der Waals surface area contributed by atoms with E-state index in [4.69, 9.17) is 24.9 Å². The summed E-state index contributed by atoms with van der Waals surface area (Å²) in [6.07, 6.45) is 9.69. The molecule has 0 aliphatic heterocycles. The first-order valence-electron chi connectivity index (χ1n) is 52.7. The van der Waals surface area contributed by atoms with Gasteiger partial charge < -0.3 is 0 Å². The Morgan fingerprint density at radius 1 is 0.221 bits per heavy atom. The second kappa shape index (κ2) is 36.9. The number of para-hydroxylation sites is 3. The number of pyridine rings is 10. The van der Waals surface area contributed by atoms with Crippen molar-refractivity contribution in [2.45, 2.75) is 232 Å². The zero-order chi connectivity index (χ0) is 102. The Hall–Kier alpha value is -14.7. The lowest BCUT2D eigenvalue weighted by Crippen LogP contribution is -2.27. The van der Waals surface area contributed by atoms with Crippen LogP contribution in [0, 0.1) is 34.6 Å². The predicted molar refractivity (Wildman–Crippen MR) is 609 cm³/mol. The topological polar surface area (TPSA) is 107 Å². The second-order valence-corrected chi connectivity index (χ2v) is 44.4. The van der Waals surface area contributed by atoms with Gasteiger partial charge in [-0.1, -0.05) is 217 Å². The minimum Gasteiger partial charge on any atom is -0.255 e. The standard InChI is InChI=1S/5C26H28N3/c1-15(2)18-7-9-21-20(13-18)25-24(17(5)11-12-27-25)26-28(6)22-10-8-19(16(3)4)14-23(22)29(21)26;1-15(2)18-7-9-20-22(13-18)29-23-14-19(16(3)4)8-10-21(23)28(6)26(29)24-17(5)11-12-27-25(20)24;1-15(2)18-10-11-21-20(14-18)24-23(17(5)12-13-27-24)26-28(6)22-9-7-8-19(16(3)4)25(22)29(21)26;1-15(2)18-10-11-21-22(14-18)28(6)26-23-17(5)12-13-27-24(23)20-9-7-8-19(16(3)4)25(20)29(21)26;1-15(2)18-13-20(16(3)4)25-22(14-18)28(6)26-23-17(5)11-12-27-24(23)19-9-7-8-10-21(19)29(25)26/h5*7-16H,1-6H3/q5*+1. The maximum Gasteiger partial charge on any atom is 0.297 e. The van der Waals surface area contributed by atoms with Gasteiger partial charge in [-0.3, -0.25) is 24.9 Å². The molecule has 0 atom stereocenters. The summed E-state index contributed by atoms with van der Waals surface area (Å²) in [5, 5.41) is 12.3. The molecule has 25 aromatic rings. The van der Waals surface area contributed by atoms with Gasteiger partial charge in [0.25, 0.3) is 28.2 Å². The molecule has 0 amide bonds. The van der Waals surface area contributed by atoms with Gasteiger partial charge >= 0.3 is 0 Å². The van der Waals surface area contributed by atoms with Gasteiger partial charge in [-0.15, -0.1) is 0 Å². The largest absolute Gasteiger partial charge is 0.297 e. The third-order valence-corrected chi connectivity index (χ3v) is 31.8. The van der Waals surface area contributed by atoms with Crippen LogP contribution in [-0.4, -0.2) is 47.3 Å². The van der Waals surface area contributed by atoms with Crippen LogP contribution in [0.3, 0.4) is 0 Å². The number of hydrogen-bond donors (Lipinski definition) is 0. The average Bonchev–Trinajstić information content (AvgIpc) is 1.56. The monoisotopic (exact) mass is 1910 g/mol. The SMILES string of the molecule is Cc1ccnc2c3cc(C(C)C)ccc3n3c4c(C(C)C)cccc4[n+](C)c3c12.Cc1ccnc2c3cc(C(C)C)ccc3n3c4cc(C(C)C)ccc4[n+](C)c3c12.Cc1ccnc2c3ccc(C(C)C)cc3n3c4cc(C(C)C)ccc4[n+](C)c3c12.Cc1ccnc2c3cccc(C(C)C)c3[n+]3c4ccc(C(C)C)cc4n(C)c3c12.Cc1ccnc2c3ccccc3[n+]3c4c(C(C)C)cc(C(C)C)cc4n(C)c3c12. The Labute approximate surface area is 850 Å². The molecule has 15 nitrogen and oxygen atoms in total. The van der Waals surface area contributed by atoms with Crippen LogP contribution < -0.4 is 22.5 Å². The number of aryl methyl sites for hydroxylation is 10. The first-order valence-corrected chi connectivity index (χ1v) is 52.7. The van der Waals surface area contributed by atoms with Gasteiger partial charge in [0.1, 0.15) is 27.6 Å². The van der Waals surface area contributed by atoms with E-state index >= 15 is 0 Å². The fraction of sp³-hybridized carbons (Fsp3) is 0.308. The molecule has 0 fully saturated rings. The van der Waals surface area contributed by atoms with Crippen molar-refractivity contribution >= 4 is 192 Å². The quantitative estimate of drug-likeness (QED) is 0.100. The van der Waals surface area contributed by atoms with Gasteiger partial charge in [0.15, 0.2) is 55.2 Å². The number of fused-ring (bicyclic) bond motifs is 40. The Kier molecular flexibility index (Phi) is 24.5. The molecule has 0 saturated carbocycles. The Morgan fingerprint density at radius 3 is 1.02 bits per heavy atom. The molecule has 145 heavy (non-hydrogen) atoms. The lowest BCUT2D eigenvalue weighted by molar-refractivity contribution is -0.617. The van der Waals surface area contributed by atoms with Crippen LogP contribution in [0.5, 0.6) is 0 Å². The van der Waals surface area contributed by atoms with Crippen molar-refractivity contribution in [3.63, 3.8) is 0 Å². The summed E-state index contributed by atoms with van der Waals surface area (Å²) in [7, 11) is 10.9. The van der Waals surface area contributed by atoms with E-state index in [1.807, 2.05) is 31.0 Å². The number of aromatic nitrogens is 15. The molecule has 15 heterocycles. The van der Waals surface area contributed by atoms with E-state index in [2.05, 4.69) is 465 Å². The predicted octanol–water partition coefficient (Wildman–Crippen LogP) is 30.9. The van der Waals surface area contributed by atoms with E-state index in [0.717, 1.165) is 27.6 Å². The zero-order valence-electron chi connectivity index (χ0n) is 90.6. The van der Waals surface area contributed by atoms with Crippen LogP contribution in [0.1, 0.15) is 281 Å². The summed E-state index contributed by atoms with van der Waals surface area (Å²) in [5.41, 5.74) is 50.6. The van der Waals surface area contributed by atoms with Crippen LogP contribution in [0.15, 0.2) is 243 Å². The first kappa shape index (κ1) is 96.4. The maximum absolute atomic E-state index is 4.86. The summed E-state index contributed by atoms with van der Waals surface area (Å²) < 4.78 is 24.0. The van der Waals surface area contributed by atoms with Crippen molar-refractivity contribution in [2.24, 2.45) is 35.2 Å². The van der Waals surface area contributed by atoms with Gasteiger partial charge in [-0.05, 0) is 294 Å². The van der Waals surface area contributed by atoms with E-state index < -0.39 is 0 Å². The number of imidazole rings is 5. The summed E-state index contributed by atoms with van der Waals surface area (Å²) in [4.78, 5) is 24.2. The summed E-state index contributed by atoms with van der Waals surface area (Å²) in [6, 6.07) is 78.9. The molecule has 15 aromatic heterocycles. The molecule has 25 rings (SSSR count). The molecular weight excluding hydrogens is 1770 g/mol. The molecule has 0 saturated heterocycles. The van der Waals surface area contributed by atoms with Crippen LogP contribution >= 0.6 is 0 Å². The van der Waals surface area contributed by atoms with Crippen LogP contribution in [-0.2, 0) is 35.2 Å². The molecule has 0 spiro atoms. The molecule has 0 radical (unpaired) electrons. The molecule has 10 aromatic carbocycles. The fourth-order valence-electron chi connectivity index (χ4n) is 23.5. The third-order valence-electron chi connectivity index (χ3n) is 31.8. The highest BCUT2D eigenvalue weighted by Gasteiger charge is 2.35. The van der Waals surface area contributed by atoms with E-state index in [1.165, 1.54) is 248 Å². The highest BCUT2D eigenvalue weighted by molar-refractivity contribution is 6.16. The van der Waals surface area contributed by atoms with Crippen molar-refractivity contribution < 1.29 is 22.5 Å². The van der Waals surface area contributed by atoms with E-state index in [9.17, 15) is 0 Å². The van der Waals surface area contributed by atoms with Crippen LogP contribution in [0.4, 0.5) is 0 Å². The summed E-state index contributed by atoms with van der Waals surface area (Å²) in [5.74, 6) is 4.78. The van der Waals surface area contributed by atoms with Gasteiger partial charge in [0.2, 0.25) is 0 Å². The number of hydrogen-bond acceptors (Lipinski definition) is 5. The summed E-state index contributed by atoms with van der Waals surface area (Å²) >= 11 is 0. The van der Waals surface area contributed by atoms with E-state index in [0.29, 0.717) is 59.2 Å². The highest BCUT2D eigenvalue weighted by Crippen LogP contribution is 2.44. The minimum atomic E-state index is 0.432. The molecule has 0 bridgehead atoms. The molecule has 0 N–H and O–H groups in total. The third kappa shape index (κ3) is 15.4. The summed E-state index contributed by atoms with van der Waals surface area (Å²) in [6.45, 7) is 56.3. The lowest BCUT2D eigenvalue weighted by Gasteiger charge is -2.12. The van der Waals surface area contributed by atoms with E-state index in [-0.39, 0.29) is 0 Å². The Morgan fingerprint density at radius 2 is 0.552 bits per heavy atom. The molecule has 730 valence electrons. The van der Waals surface area contributed by atoms with Crippen molar-refractivity contribution in [3.05, 3.63) is 327 Å². The number of benzene rings is 10. The molecule has 0 aliphatic carbocycles. The van der Waals surface area contributed by atoms with E-state index in [1.54, 1.807) is 0 Å². The molecular formula is C130H140N15+5. The lowest BCUT2D eigenvalue weighted by atomic mass is 9.94. The van der Waals surface area contributed by atoms with Crippen molar-refractivity contribution in [3.8, 4) is 0 Å². The number of nitrogens with zero attached hydrogens (tertiary/aromatic N) is 15. The molecule has 0 unspecified atom stereocenters. The Balaban J connectivity index is 0.000000107. The second-order valence-electron chi connectivity index (χ2n) is 44.4. The minimum absolute atomic E-state index is 0.432. The van der Waals surface area contributed by atoms with Gasteiger partial charge in [-0.2, -0.15) is 22.0 Å². The smallest absolute Gasteiger partial charge is 0.255 e. The number of rotatable bonds is 10. The van der Waals surface area contributed by atoms with Gasteiger partial charge in [0, 0.05) is 74.6 Å². The fourth-order valence-corrected chi connectivity index (χ4v) is 23.5. The zero-order valence-corrected chi connectivity index (χ0v) is 90.6. The van der Waals surface area contributed by atoms with Gasteiger partial charge in [-0.25, -0.2) is 22.8 Å². The normalized spacial score (nSPS) is 12.4. The van der Waals surface area contributed by atoms with Crippen molar-refractivity contribution in [2.75, 3.05) is 0 Å². The van der Waals surface area contributed by atoms with Crippen molar-refractivity contribution in [1.82, 2.24) is 47.3 Å². The molecule has 0 aliphatic rings. The first-order chi connectivity index (χ1) is 69.5. The molecule has 15 heteroatoms. The van der Waals surface area contributed by atoms with Crippen LogP contribution in [0.25, 0.3) is 192 Å². The highest BCUT2D eigenvalue weighted by atomic mass is 15.2. The Bertz CT molecular complexity index is 9610. The van der Waals surface area contributed by atoms with Crippen molar-refractivity contribution in [1.29, 1.82) is 0 Å². The van der Waals surface area contributed by atoms with Crippen LogP contribution in [0.2, 0.25) is 0 Å².